The molecule has 0 atom stereocenters. The number of nitrogens with zero attached hydrogens (tertiary/aromatic N) is 3. The van der Waals surface area contributed by atoms with Crippen LogP contribution >= 0.6 is 11.8 Å². The average molecular weight is 490 g/mol. The van der Waals surface area contributed by atoms with E-state index in [4.69, 9.17) is 0 Å². The molecule has 33 heavy (non-hydrogen) atoms. The number of aromatic nitrogens is 3. The summed E-state index contributed by atoms with van der Waals surface area (Å²) in [4.78, 5) is 16.7. The number of thioether (sulfide) groups is 1. The minimum atomic E-state index is -3.53. The molecule has 1 fully saturated rings. The molecule has 2 heterocycles. The largest absolute Gasteiger partial charge is 0.325 e. The molecule has 3 aromatic rings. The zero-order chi connectivity index (χ0) is 23.3. The van der Waals surface area contributed by atoms with Gasteiger partial charge in [0.2, 0.25) is 21.1 Å². The first-order valence-corrected chi connectivity index (χ1v) is 13.1. The summed E-state index contributed by atoms with van der Waals surface area (Å²) in [5.74, 6) is -0.371. The molecule has 174 valence electrons. The summed E-state index contributed by atoms with van der Waals surface area (Å²) in [5, 5.41) is 9.74. The lowest BCUT2D eigenvalue weighted by atomic mass is 10.2. The van der Waals surface area contributed by atoms with Gasteiger partial charge in [0.05, 0.1) is 16.2 Å². The summed E-state index contributed by atoms with van der Waals surface area (Å²) in [6, 6.07) is 12.4. The van der Waals surface area contributed by atoms with Gasteiger partial charge in [0.25, 0.3) is 0 Å². The second-order valence-corrected chi connectivity index (χ2v) is 10.5. The van der Waals surface area contributed by atoms with Gasteiger partial charge in [-0.15, -0.1) is 5.10 Å². The van der Waals surface area contributed by atoms with Crippen LogP contribution in [0.15, 0.2) is 58.6 Å². The molecule has 1 aromatic heterocycles. The first-order valence-electron chi connectivity index (χ1n) is 10.6. The molecule has 1 amide bonds. The van der Waals surface area contributed by atoms with E-state index in [1.54, 1.807) is 30.3 Å². The van der Waals surface area contributed by atoms with Crippen molar-refractivity contribution in [3.05, 3.63) is 54.3 Å². The maximum atomic E-state index is 13.9. The zero-order valence-electron chi connectivity index (χ0n) is 17.8. The monoisotopic (exact) mass is 489 g/mol. The Bertz CT molecular complexity index is 1210. The average Bonchev–Trinajstić information content (AvgIpc) is 3.10. The molecule has 2 aromatic carbocycles. The van der Waals surface area contributed by atoms with Gasteiger partial charge in [0.1, 0.15) is 5.82 Å². The van der Waals surface area contributed by atoms with E-state index in [0.29, 0.717) is 29.5 Å². The molecule has 2 N–H and O–H groups in total. The third kappa shape index (κ3) is 5.79. The quantitative estimate of drug-likeness (QED) is 0.487. The molecule has 11 heteroatoms. The number of aromatic amines is 1. The van der Waals surface area contributed by atoms with Crippen molar-refractivity contribution in [2.75, 3.05) is 24.2 Å². The molecule has 1 aliphatic rings. The first-order chi connectivity index (χ1) is 15.9. The molecule has 0 spiro atoms. The zero-order valence-corrected chi connectivity index (χ0v) is 19.5. The summed E-state index contributed by atoms with van der Waals surface area (Å²) >= 11 is 1.11. The number of rotatable bonds is 7. The standard InChI is InChI=1S/C22H24FN5O3S2/c23-19-8-4-3-7-18(19)21-25-22(27-26-21)32-15-20(29)24-16-9-11-17(12-10-16)33(30,31)28-13-5-1-2-6-14-28/h3-4,7-12H,1-2,5-6,13-15H2,(H,24,29)(H,25,26,27). The van der Waals surface area contributed by atoms with E-state index in [1.807, 2.05) is 0 Å². The Morgan fingerprint density at radius 3 is 2.45 bits per heavy atom. The molecule has 1 saturated heterocycles. The summed E-state index contributed by atoms with van der Waals surface area (Å²) in [6.45, 7) is 1.08. The lowest BCUT2D eigenvalue weighted by Crippen LogP contribution is -2.31. The predicted octanol–water partition coefficient (Wildman–Crippen LogP) is 3.91. The van der Waals surface area contributed by atoms with Gasteiger partial charge in [-0.05, 0) is 49.2 Å². The van der Waals surface area contributed by atoms with Gasteiger partial charge < -0.3 is 5.32 Å². The second-order valence-electron chi connectivity index (χ2n) is 7.63. The van der Waals surface area contributed by atoms with Crippen molar-refractivity contribution in [1.29, 1.82) is 0 Å². The highest BCUT2D eigenvalue weighted by atomic mass is 32.2. The highest BCUT2D eigenvalue weighted by molar-refractivity contribution is 7.99. The maximum absolute atomic E-state index is 13.9. The summed E-state index contributed by atoms with van der Waals surface area (Å²) < 4.78 is 41.1. The number of benzene rings is 2. The van der Waals surface area contributed by atoms with Crippen LogP contribution in [0, 0.1) is 5.82 Å². The van der Waals surface area contributed by atoms with Crippen LogP contribution in [-0.4, -0.2) is 52.7 Å². The second kappa shape index (κ2) is 10.4. The molecule has 0 saturated carbocycles. The van der Waals surface area contributed by atoms with Crippen LogP contribution in [0.1, 0.15) is 25.7 Å². The maximum Gasteiger partial charge on any atom is 0.243 e. The van der Waals surface area contributed by atoms with Crippen molar-refractivity contribution >= 4 is 33.4 Å². The fourth-order valence-corrected chi connectivity index (χ4v) is 5.67. The van der Waals surface area contributed by atoms with Gasteiger partial charge >= 0.3 is 0 Å². The Labute approximate surface area is 196 Å². The van der Waals surface area contributed by atoms with E-state index in [1.165, 1.54) is 22.5 Å². The number of halogens is 1. The van der Waals surface area contributed by atoms with Crippen LogP contribution in [0.5, 0.6) is 0 Å². The van der Waals surface area contributed by atoms with Gasteiger partial charge in [0, 0.05) is 18.8 Å². The van der Waals surface area contributed by atoms with E-state index >= 15 is 0 Å². The van der Waals surface area contributed by atoms with Gasteiger partial charge in [-0.25, -0.2) is 17.8 Å². The van der Waals surface area contributed by atoms with Crippen molar-refractivity contribution in [3.63, 3.8) is 0 Å². The number of hydrogen-bond acceptors (Lipinski definition) is 6. The topological polar surface area (TPSA) is 108 Å². The van der Waals surface area contributed by atoms with Crippen molar-refractivity contribution < 1.29 is 17.6 Å². The molecular weight excluding hydrogens is 465 g/mol. The van der Waals surface area contributed by atoms with Crippen molar-refractivity contribution in [3.8, 4) is 11.4 Å². The summed E-state index contributed by atoms with van der Waals surface area (Å²) in [5.41, 5.74) is 0.800. The highest BCUT2D eigenvalue weighted by Crippen LogP contribution is 2.23. The van der Waals surface area contributed by atoms with E-state index in [0.717, 1.165) is 37.4 Å². The SMILES string of the molecule is O=C(CSc1n[nH]c(-c2ccccc2F)n1)Nc1ccc(S(=O)(=O)N2CCCCCC2)cc1. The van der Waals surface area contributed by atoms with E-state index in [2.05, 4.69) is 20.5 Å². The summed E-state index contributed by atoms with van der Waals surface area (Å²) in [6.07, 6.45) is 3.84. The van der Waals surface area contributed by atoms with Gasteiger partial charge in [-0.3, -0.25) is 9.89 Å². The number of amides is 1. The number of sulfonamides is 1. The van der Waals surface area contributed by atoms with Crippen LogP contribution in [0.3, 0.4) is 0 Å². The lowest BCUT2D eigenvalue weighted by Gasteiger charge is -2.20. The van der Waals surface area contributed by atoms with Crippen molar-refractivity contribution in [2.45, 2.75) is 35.7 Å². The molecule has 8 nitrogen and oxygen atoms in total. The Morgan fingerprint density at radius 1 is 1.06 bits per heavy atom. The highest BCUT2D eigenvalue weighted by Gasteiger charge is 2.25. The van der Waals surface area contributed by atoms with Gasteiger partial charge in [0.15, 0.2) is 5.82 Å². The fourth-order valence-electron chi connectivity index (χ4n) is 3.55. The van der Waals surface area contributed by atoms with Crippen LogP contribution in [-0.2, 0) is 14.8 Å². The number of hydrogen-bond donors (Lipinski definition) is 2. The third-order valence-corrected chi connectivity index (χ3v) is 8.03. The molecule has 0 unspecified atom stereocenters. The number of anilines is 1. The van der Waals surface area contributed by atoms with Gasteiger partial charge in [-0.1, -0.05) is 36.7 Å². The van der Waals surface area contributed by atoms with Crippen LogP contribution in [0.2, 0.25) is 0 Å². The normalized spacial score (nSPS) is 15.2. The molecular formula is C22H24FN5O3S2. The molecule has 1 aliphatic heterocycles. The number of carbonyl (C=O) groups excluding carboxylic acids is 1. The molecule has 0 radical (unpaired) electrons. The number of H-pyrrole nitrogens is 1. The van der Waals surface area contributed by atoms with Crippen molar-refractivity contribution in [2.24, 2.45) is 0 Å². The Morgan fingerprint density at radius 2 is 1.76 bits per heavy atom. The van der Waals surface area contributed by atoms with E-state index in [9.17, 15) is 17.6 Å². The fraction of sp³-hybridized carbons (Fsp3) is 0.318. The molecule has 0 aliphatic carbocycles. The molecule has 4 rings (SSSR count). The Balaban J connectivity index is 1.32. The first kappa shape index (κ1) is 23.4. The molecule has 0 bridgehead atoms. The van der Waals surface area contributed by atoms with Crippen LogP contribution < -0.4 is 5.32 Å². The van der Waals surface area contributed by atoms with Gasteiger partial charge in [-0.2, -0.15) is 4.31 Å². The third-order valence-electron chi connectivity index (χ3n) is 5.27. The lowest BCUT2D eigenvalue weighted by molar-refractivity contribution is -0.113. The Hall–Kier alpha value is -2.76. The van der Waals surface area contributed by atoms with Crippen molar-refractivity contribution in [1.82, 2.24) is 19.5 Å². The minimum Gasteiger partial charge on any atom is -0.325 e. The minimum absolute atomic E-state index is 0.0440. The summed E-state index contributed by atoms with van der Waals surface area (Å²) in [7, 11) is -3.53. The van der Waals surface area contributed by atoms with Crippen LogP contribution in [0.25, 0.3) is 11.4 Å². The van der Waals surface area contributed by atoms with E-state index in [-0.39, 0.29) is 22.4 Å². The van der Waals surface area contributed by atoms with E-state index < -0.39 is 15.8 Å². The predicted molar refractivity (Wildman–Crippen MR) is 125 cm³/mol. The van der Waals surface area contributed by atoms with Crippen LogP contribution in [0.4, 0.5) is 10.1 Å². The smallest absolute Gasteiger partial charge is 0.243 e. The number of nitrogens with one attached hydrogen (secondary N) is 2. The number of carbonyl (C=O) groups is 1. The Kier molecular flexibility index (Phi) is 7.41.